The first-order valence-corrected chi connectivity index (χ1v) is 40.8. The van der Waals surface area contributed by atoms with E-state index in [0.717, 1.165) is 100 Å². The largest absolute Gasteiger partial charge is 0.395 e. The van der Waals surface area contributed by atoms with Crippen molar-refractivity contribution in [1.82, 2.24) is 0 Å². The average molecular weight is 1400 g/mol. The van der Waals surface area contributed by atoms with E-state index in [9.17, 15) is 47.2 Å². The van der Waals surface area contributed by atoms with Crippen LogP contribution in [0.4, 0.5) is 0 Å². The van der Waals surface area contributed by atoms with Crippen LogP contribution in [0.3, 0.4) is 0 Å². The van der Waals surface area contributed by atoms with Crippen molar-refractivity contribution in [2.75, 3.05) is 50.5 Å². The molecule has 0 bridgehead atoms. The Balaban J connectivity index is 0.000000139. The molecule has 490 valence electrons. The van der Waals surface area contributed by atoms with E-state index in [1.165, 1.54) is 6.26 Å². The summed E-state index contributed by atoms with van der Waals surface area (Å²) in [6.07, 6.45) is 14.5. The molecular formula is C64H94BrClO16S5. The second kappa shape index (κ2) is 29.1. The van der Waals surface area contributed by atoms with Crippen molar-refractivity contribution >= 4 is 76.7 Å². The Morgan fingerprint density at radius 2 is 0.747 bits per heavy atom. The quantitative estimate of drug-likeness (QED) is 0.0625. The number of hydrogen-bond donors (Lipinski definition) is 2. The third-order valence-electron chi connectivity index (χ3n) is 19.6. The molecule has 1 unspecified atom stereocenters. The van der Waals surface area contributed by atoms with Crippen molar-refractivity contribution in [3.05, 3.63) is 108 Å². The number of alkyl halides is 2. The van der Waals surface area contributed by atoms with Gasteiger partial charge < -0.3 is 29.2 Å². The maximum Gasteiger partial charge on any atom is 0.161 e. The lowest BCUT2D eigenvalue weighted by atomic mass is 9.87. The zero-order chi connectivity index (χ0) is 63.2. The van der Waals surface area contributed by atoms with Gasteiger partial charge in [0.2, 0.25) is 0 Å². The Labute approximate surface area is 533 Å². The normalized spacial score (nSPS) is 29.1. The van der Waals surface area contributed by atoms with Crippen LogP contribution < -0.4 is 0 Å². The van der Waals surface area contributed by atoms with Crippen LogP contribution in [0.5, 0.6) is 0 Å². The Bertz CT molecular complexity index is 3090. The summed E-state index contributed by atoms with van der Waals surface area (Å²) >= 11 is 8.60. The van der Waals surface area contributed by atoms with Crippen molar-refractivity contribution < 1.29 is 71.2 Å². The predicted octanol–water partition coefficient (Wildman–Crippen LogP) is 9.88. The lowest BCUT2D eigenvalue weighted by molar-refractivity contribution is 0.0938. The number of aliphatic hydroxyl groups excluding tert-OH is 2. The van der Waals surface area contributed by atoms with Gasteiger partial charge in [-0.2, -0.15) is 0 Å². The van der Waals surface area contributed by atoms with E-state index < -0.39 is 74.3 Å². The van der Waals surface area contributed by atoms with E-state index in [2.05, 4.69) is 36.7 Å². The molecule has 1 aliphatic heterocycles. The predicted molar refractivity (Wildman–Crippen MR) is 346 cm³/mol. The second-order valence-corrected chi connectivity index (χ2v) is 40.8. The maximum atomic E-state index is 12.6. The molecule has 9 saturated carbocycles. The number of ether oxygens (including phenoxy) is 4. The molecule has 10 aliphatic rings. The summed E-state index contributed by atoms with van der Waals surface area (Å²) in [5, 5.41) is 18.3. The van der Waals surface area contributed by atoms with E-state index in [1.807, 2.05) is 91.0 Å². The molecule has 16 nitrogen and oxygen atoms in total. The average Bonchev–Trinajstić information content (AvgIpc) is 2.59. The fourth-order valence-corrected chi connectivity index (χ4v) is 25.4. The highest BCUT2D eigenvalue weighted by Crippen LogP contribution is 2.53. The van der Waals surface area contributed by atoms with Gasteiger partial charge in [0.25, 0.3) is 0 Å². The highest BCUT2D eigenvalue weighted by molar-refractivity contribution is 9.09. The molecular weight excluding hydrogens is 1300 g/mol. The Hall–Kier alpha value is -2.06. The molecule has 0 spiro atoms. The zero-order valence-electron chi connectivity index (χ0n) is 51.1. The number of epoxide rings is 1. The van der Waals surface area contributed by atoms with Crippen molar-refractivity contribution in [2.24, 2.45) is 17.8 Å². The van der Waals surface area contributed by atoms with Crippen molar-refractivity contribution in [3.8, 4) is 0 Å². The van der Waals surface area contributed by atoms with Gasteiger partial charge in [0.1, 0.15) is 0 Å². The van der Waals surface area contributed by atoms with Crippen molar-refractivity contribution in [3.63, 3.8) is 0 Å². The number of halogens is 2. The van der Waals surface area contributed by atoms with Crippen LogP contribution >= 0.6 is 27.5 Å². The summed E-state index contributed by atoms with van der Waals surface area (Å²) in [5.41, 5.74) is 3.23. The molecule has 0 amide bonds. The van der Waals surface area contributed by atoms with Crippen molar-refractivity contribution in [2.45, 2.75) is 213 Å². The van der Waals surface area contributed by atoms with Gasteiger partial charge in [-0.25, -0.2) is 42.1 Å². The molecule has 1 atom stereocenters. The molecule has 87 heavy (non-hydrogen) atoms. The minimum atomic E-state index is -3.16. The molecule has 0 radical (unpaired) electrons. The number of rotatable bonds is 24. The van der Waals surface area contributed by atoms with Crippen LogP contribution in [0.1, 0.15) is 153 Å². The number of benzene rings is 3. The van der Waals surface area contributed by atoms with Gasteiger partial charge in [0.05, 0.1) is 116 Å². The summed E-state index contributed by atoms with van der Waals surface area (Å²) in [4.78, 5) is 0. The van der Waals surface area contributed by atoms with Crippen LogP contribution in [-0.4, -0.2) is 160 Å². The van der Waals surface area contributed by atoms with Gasteiger partial charge in [-0.1, -0.05) is 128 Å². The SMILES string of the molecule is CC1CC(S(=O)(=O)C2(CBr)CC2)C1.CC1CC(S(=O)(=O)C2(CO)CC2)C1.CC1CC(S(=O)(=O)C2(COCc3ccccc3)CC2)C1.CS(=O)(=O)C1(COCc2ccccc2)CC1.ClCC1CO1.O=S(=O)(C1CC(O)C1)C1(COCc2ccccc2)CC1. The summed E-state index contributed by atoms with van der Waals surface area (Å²) in [6, 6.07) is 29.5. The first kappa shape index (κ1) is 70.8. The highest BCUT2D eigenvalue weighted by Gasteiger charge is 2.62. The van der Waals surface area contributed by atoms with E-state index in [4.69, 9.17) is 35.7 Å². The summed E-state index contributed by atoms with van der Waals surface area (Å²) in [5.74, 6) is 2.40. The molecule has 23 heteroatoms. The Morgan fingerprint density at radius 3 is 0.966 bits per heavy atom. The Kier molecular flexibility index (Phi) is 23.7. The van der Waals surface area contributed by atoms with Gasteiger partial charge >= 0.3 is 0 Å². The van der Waals surface area contributed by atoms with Gasteiger partial charge in [-0.15, -0.1) is 11.6 Å². The number of sulfone groups is 5. The standard InChI is InChI=1S/C16H22O3S.C15H20O4S.C12H16O3S.C9H15BrO2S.C9H16O3S.C3H5ClO/c1-13-9-15(10-13)20(17,18)16(7-8-16)12-19-11-14-5-3-2-4-6-14;16-13-8-14(9-13)20(17,18)15(6-7-15)11-19-10-12-4-2-1-3-5-12;1-16(13,14)12(7-8-12)10-15-9-11-5-3-2-4-6-11;2*1-7-4-8(5-7)13(11,12)9(6-10)2-3-9;4-1-3-2-5-3/h2-6,13,15H,7-12H2,1H3;1-5,13-14,16H,6-11H2;2-6H,7-10H2,1H3;7-8H,2-6H2,1H3;7-8,10H,2-6H2,1H3;3H,1-2H2. The number of aliphatic hydroxyl groups is 2. The van der Waals surface area contributed by atoms with E-state index in [-0.39, 0.29) is 39.0 Å². The molecule has 10 fully saturated rings. The molecule has 2 N–H and O–H groups in total. The van der Waals surface area contributed by atoms with Crippen LogP contribution in [0.2, 0.25) is 0 Å². The number of hydrogen-bond acceptors (Lipinski definition) is 16. The van der Waals surface area contributed by atoms with Gasteiger partial charge in [-0.3, -0.25) is 0 Å². The summed E-state index contributed by atoms with van der Waals surface area (Å²) in [6.45, 7) is 9.40. The lowest BCUT2D eigenvalue weighted by Crippen LogP contribution is -2.46. The minimum absolute atomic E-state index is 0.0254. The fraction of sp³-hybridized carbons (Fsp3) is 0.719. The van der Waals surface area contributed by atoms with E-state index >= 15 is 0 Å². The first-order valence-electron chi connectivity index (χ1n) is 31.1. The monoisotopic (exact) mass is 1390 g/mol. The third-order valence-corrected chi connectivity index (χ3v) is 35.5. The van der Waals surface area contributed by atoms with Crippen LogP contribution in [0, 0.1) is 17.8 Å². The second-order valence-electron chi connectivity index (χ2n) is 27.0. The smallest absolute Gasteiger partial charge is 0.161 e. The van der Waals surface area contributed by atoms with Gasteiger partial charge in [0.15, 0.2) is 49.2 Å². The molecule has 9 aliphatic carbocycles. The molecule has 0 aromatic heterocycles. The maximum absolute atomic E-state index is 12.6. The molecule has 3 aromatic carbocycles. The topological polar surface area (TPSA) is 251 Å². The summed E-state index contributed by atoms with van der Waals surface area (Å²) < 4.78 is 140. The Morgan fingerprint density at radius 1 is 0.471 bits per heavy atom. The van der Waals surface area contributed by atoms with Crippen LogP contribution in [0.25, 0.3) is 0 Å². The molecule has 3 aromatic rings. The zero-order valence-corrected chi connectivity index (χ0v) is 57.5. The fourth-order valence-electron chi connectivity index (χ4n) is 11.8. The molecule has 1 saturated heterocycles. The third kappa shape index (κ3) is 17.4. The minimum Gasteiger partial charge on any atom is -0.395 e. The lowest BCUT2D eigenvalue weighted by Gasteiger charge is -2.35. The highest BCUT2D eigenvalue weighted by atomic mass is 79.9. The van der Waals surface area contributed by atoms with E-state index in [1.54, 1.807) is 0 Å². The van der Waals surface area contributed by atoms with Gasteiger partial charge in [-0.05, 0) is 150 Å². The van der Waals surface area contributed by atoms with Crippen LogP contribution in [0.15, 0.2) is 91.0 Å². The van der Waals surface area contributed by atoms with E-state index in [0.29, 0.717) is 107 Å². The first-order chi connectivity index (χ1) is 41.1. The van der Waals surface area contributed by atoms with Gasteiger partial charge in [0, 0.05) is 11.6 Å². The van der Waals surface area contributed by atoms with Crippen LogP contribution in [-0.2, 0) is 88.0 Å². The van der Waals surface area contributed by atoms with Crippen molar-refractivity contribution in [1.29, 1.82) is 0 Å². The summed E-state index contributed by atoms with van der Waals surface area (Å²) in [7, 11) is -15.0. The molecule has 13 rings (SSSR count). The molecule has 1 heterocycles.